The van der Waals surface area contributed by atoms with Gasteiger partial charge in [-0.25, -0.2) is 0 Å². The molecule has 2 N–H and O–H groups in total. The van der Waals surface area contributed by atoms with E-state index in [0.29, 0.717) is 11.4 Å². The molecule has 0 fully saturated rings. The van der Waals surface area contributed by atoms with E-state index in [1.165, 1.54) is 14.0 Å². The number of carbonyl (C=O) groups excluding carboxylic acids is 3. The molecule has 1 atom stereocenters. The molecule has 0 bridgehead atoms. The SMILES string of the molecule is COC(=O)CNC(=O)C1(C)Oc2ccccc2NC1=O. The Morgan fingerprint density at radius 3 is 2.80 bits per heavy atom. The molecule has 0 radical (unpaired) electrons. The predicted molar refractivity (Wildman–Crippen MR) is 69.1 cm³/mol. The van der Waals surface area contributed by atoms with E-state index in [1.807, 2.05) is 0 Å². The second-order valence-corrected chi connectivity index (χ2v) is 4.34. The van der Waals surface area contributed by atoms with Crippen LogP contribution >= 0.6 is 0 Å². The smallest absolute Gasteiger partial charge is 0.325 e. The number of anilines is 1. The van der Waals surface area contributed by atoms with Gasteiger partial charge in [0, 0.05) is 0 Å². The maximum Gasteiger partial charge on any atom is 0.325 e. The number of ether oxygens (including phenoxy) is 2. The zero-order chi connectivity index (χ0) is 14.8. The van der Waals surface area contributed by atoms with Crippen LogP contribution in [0.2, 0.25) is 0 Å². The maximum atomic E-state index is 12.1. The van der Waals surface area contributed by atoms with Crippen molar-refractivity contribution in [2.75, 3.05) is 19.0 Å². The molecule has 1 aromatic carbocycles. The van der Waals surface area contributed by atoms with Gasteiger partial charge in [-0.05, 0) is 19.1 Å². The third-order valence-corrected chi connectivity index (χ3v) is 2.94. The van der Waals surface area contributed by atoms with E-state index in [0.717, 1.165) is 0 Å². The summed E-state index contributed by atoms with van der Waals surface area (Å²) in [6, 6.07) is 6.77. The molecule has 0 aliphatic carbocycles. The van der Waals surface area contributed by atoms with Crippen molar-refractivity contribution in [2.45, 2.75) is 12.5 Å². The zero-order valence-electron chi connectivity index (χ0n) is 11.1. The van der Waals surface area contributed by atoms with Crippen LogP contribution in [0, 0.1) is 0 Å². The molecule has 1 aliphatic rings. The second-order valence-electron chi connectivity index (χ2n) is 4.34. The molecule has 0 saturated carbocycles. The van der Waals surface area contributed by atoms with Gasteiger partial charge < -0.3 is 20.1 Å². The van der Waals surface area contributed by atoms with Gasteiger partial charge >= 0.3 is 5.97 Å². The molecular weight excluding hydrogens is 264 g/mol. The van der Waals surface area contributed by atoms with Crippen molar-refractivity contribution < 1.29 is 23.9 Å². The van der Waals surface area contributed by atoms with Gasteiger partial charge in [0.2, 0.25) is 0 Å². The van der Waals surface area contributed by atoms with E-state index in [-0.39, 0.29) is 6.54 Å². The van der Waals surface area contributed by atoms with Crippen molar-refractivity contribution >= 4 is 23.5 Å². The van der Waals surface area contributed by atoms with Gasteiger partial charge in [0.05, 0.1) is 12.8 Å². The first-order chi connectivity index (χ1) is 9.47. The van der Waals surface area contributed by atoms with Gasteiger partial charge in [-0.1, -0.05) is 12.1 Å². The third kappa shape index (κ3) is 2.42. The quantitative estimate of drug-likeness (QED) is 0.602. The highest BCUT2D eigenvalue weighted by Crippen LogP contribution is 2.33. The first-order valence-electron chi connectivity index (χ1n) is 5.92. The van der Waals surface area contributed by atoms with E-state index < -0.39 is 23.4 Å². The Morgan fingerprint density at radius 1 is 1.40 bits per heavy atom. The Morgan fingerprint density at radius 2 is 2.10 bits per heavy atom. The van der Waals surface area contributed by atoms with Crippen molar-refractivity contribution in [2.24, 2.45) is 0 Å². The molecular formula is C13H14N2O5. The summed E-state index contributed by atoms with van der Waals surface area (Å²) in [5, 5.41) is 4.90. The minimum absolute atomic E-state index is 0.330. The monoisotopic (exact) mass is 278 g/mol. The summed E-state index contributed by atoms with van der Waals surface area (Å²) < 4.78 is 9.89. The van der Waals surface area contributed by atoms with Crippen LogP contribution in [-0.4, -0.2) is 37.0 Å². The van der Waals surface area contributed by atoms with Crippen LogP contribution in [-0.2, 0) is 19.1 Å². The maximum absolute atomic E-state index is 12.1. The number of hydrogen-bond donors (Lipinski definition) is 2. The van der Waals surface area contributed by atoms with Gasteiger partial charge in [-0.3, -0.25) is 14.4 Å². The number of esters is 1. The van der Waals surface area contributed by atoms with Crippen molar-refractivity contribution in [3.05, 3.63) is 24.3 Å². The minimum atomic E-state index is -1.73. The number of hydrogen-bond acceptors (Lipinski definition) is 5. The molecule has 0 saturated heterocycles. The predicted octanol–water partition coefficient (Wildman–Crippen LogP) is 0.0654. The van der Waals surface area contributed by atoms with Crippen LogP contribution in [0.15, 0.2) is 24.3 Å². The average Bonchev–Trinajstić information content (AvgIpc) is 2.45. The molecule has 1 aliphatic heterocycles. The first kappa shape index (κ1) is 13.9. The number of nitrogens with one attached hydrogen (secondary N) is 2. The molecule has 1 heterocycles. The van der Waals surface area contributed by atoms with Gasteiger partial charge in [0.15, 0.2) is 0 Å². The summed E-state index contributed by atoms with van der Waals surface area (Å²) >= 11 is 0. The fraction of sp³-hybridized carbons (Fsp3) is 0.308. The first-order valence-corrected chi connectivity index (χ1v) is 5.92. The molecule has 7 nitrogen and oxygen atoms in total. The normalized spacial score (nSPS) is 20.2. The third-order valence-electron chi connectivity index (χ3n) is 2.94. The lowest BCUT2D eigenvalue weighted by Crippen LogP contribution is -2.59. The highest BCUT2D eigenvalue weighted by atomic mass is 16.5. The molecule has 106 valence electrons. The summed E-state index contributed by atoms with van der Waals surface area (Å²) in [6.07, 6.45) is 0. The molecule has 7 heteroatoms. The molecule has 2 rings (SSSR count). The number of amides is 2. The van der Waals surface area contributed by atoms with Crippen molar-refractivity contribution in [1.29, 1.82) is 0 Å². The van der Waals surface area contributed by atoms with E-state index in [9.17, 15) is 14.4 Å². The number of methoxy groups -OCH3 is 1. The summed E-state index contributed by atoms with van der Waals surface area (Å²) in [4.78, 5) is 35.1. The number of para-hydroxylation sites is 2. The zero-order valence-corrected chi connectivity index (χ0v) is 11.1. The highest BCUT2D eigenvalue weighted by molar-refractivity contribution is 6.15. The molecule has 2 amide bonds. The topological polar surface area (TPSA) is 93.7 Å². The largest absolute Gasteiger partial charge is 0.468 e. The van der Waals surface area contributed by atoms with Gasteiger partial charge in [-0.15, -0.1) is 0 Å². The summed E-state index contributed by atoms with van der Waals surface area (Å²) in [7, 11) is 1.20. The summed E-state index contributed by atoms with van der Waals surface area (Å²) in [6.45, 7) is 1.01. The Kier molecular flexibility index (Phi) is 3.60. The Labute approximate surface area is 115 Å². The van der Waals surface area contributed by atoms with Gasteiger partial charge in [0.1, 0.15) is 12.3 Å². The molecule has 1 unspecified atom stereocenters. The summed E-state index contributed by atoms with van der Waals surface area (Å²) in [5.74, 6) is -1.53. The van der Waals surface area contributed by atoms with E-state index in [2.05, 4.69) is 15.4 Å². The molecule has 0 aromatic heterocycles. The van der Waals surface area contributed by atoms with Crippen molar-refractivity contribution in [3.63, 3.8) is 0 Å². The average molecular weight is 278 g/mol. The van der Waals surface area contributed by atoms with E-state index in [1.54, 1.807) is 24.3 Å². The number of fused-ring (bicyclic) bond motifs is 1. The van der Waals surface area contributed by atoms with Crippen LogP contribution in [0.3, 0.4) is 0 Å². The fourth-order valence-electron chi connectivity index (χ4n) is 1.71. The molecule has 1 aromatic rings. The van der Waals surface area contributed by atoms with Crippen LogP contribution in [0.4, 0.5) is 5.69 Å². The Hall–Kier alpha value is -2.57. The number of benzene rings is 1. The van der Waals surface area contributed by atoms with Crippen molar-refractivity contribution in [3.8, 4) is 5.75 Å². The lowest BCUT2D eigenvalue weighted by Gasteiger charge is -2.33. The van der Waals surface area contributed by atoms with Gasteiger partial charge in [0.25, 0.3) is 17.4 Å². The van der Waals surface area contributed by atoms with E-state index in [4.69, 9.17) is 4.74 Å². The molecule has 0 spiro atoms. The van der Waals surface area contributed by atoms with Crippen LogP contribution in [0.5, 0.6) is 5.75 Å². The number of carbonyl (C=O) groups is 3. The fourth-order valence-corrected chi connectivity index (χ4v) is 1.71. The van der Waals surface area contributed by atoms with Crippen molar-refractivity contribution in [1.82, 2.24) is 5.32 Å². The highest BCUT2D eigenvalue weighted by Gasteiger charge is 2.47. The lowest BCUT2D eigenvalue weighted by molar-refractivity contribution is -0.149. The summed E-state index contributed by atoms with van der Waals surface area (Å²) in [5.41, 5.74) is -1.24. The minimum Gasteiger partial charge on any atom is -0.468 e. The van der Waals surface area contributed by atoms with E-state index >= 15 is 0 Å². The number of rotatable bonds is 3. The van der Waals surface area contributed by atoms with Crippen LogP contribution < -0.4 is 15.4 Å². The Bertz CT molecular complexity index is 572. The Balaban J connectivity index is 2.16. The molecule has 20 heavy (non-hydrogen) atoms. The van der Waals surface area contributed by atoms with Crippen LogP contribution in [0.1, 0.15) is 6.92 Å². The standard InChI is InChI=1S/C13H14N2O5/c1-13(11(17)14-7-10(16)19-2)12(18)15-8-5-3-4-6-9(8)20-13/h3-6H,7H2,1-2H3,(H,14,17)(H,15,18). The lowest BCUT2D eigenvalue weighted by atomic mass is 10.0. The van der Waals surface area contributed by atoms with Crippen LogP contribution in [0.25, 0.3) is 0 Å². The second kappa shape index (κ2) is 5.20. The van der Waals surface area contributed by atoms with Gasteiger partial charge in [-0.2, -0.15) is 0 Å².